The van der Waals surface area contributed by atoms with Gasteiger partial charge in [0.05, 0.1) is 6.61 Å². The van der Waals surface area contributed by atoms with Crippen molar-refractivity contribution in [3.05, 3.63) is 0 Å². The Hall–Kier alpha value is -0.610. The maximum absolute atomic E-state index is 11.0. The number of likely N-dealkylation sites (N-methyl/N-ethyl adjacent to an activating group) is 1. The molecule has 0 aromatic heterocycles. The van der Waals surface area contributed by atoms with Gasteiger partial charge < -0.3 is 9.84 Å². The van der Waals surface area contributed by atoms with E-state index in [-0.39, 0.29) is 6.04 Å². The molecule has 0 bridgehead atoms. The van der Waals surface area contributed by atoms with Crippen molar-refractivity contribution in [1.29, 1.82) is 0 Å². The van der Waals surface area contributed by atoms with Gasteiger partial charge in [0.2, 0.25) is 0 Å². The van der Waals surface area contributed by atoms with E-state index in [9.17, 15) is 4.79 Å². The lowest BCUT2D eigenvalue weighted by molar-refractivity contribution is -0.144. The third kappa shape index (κ3) is 3.64. The largest absolute Gasteiger partial charge is 0.480 e. The summed E-state index contributed by atoms with van der Waals surface area (Å²) >= 11 is 0. The molecule has 0 aromatic carbocycles. The van der Waals surface area contributed by atoms with E-state index in [1.165, 1.54) is 0 Å². The standard InChI is InChI=1S/C10H21NO3/c1-5-9(10(12)13)11(6-2)8(3)7-14-4/h8-9H,5-7H2,1-4H3,(H,12,13). The molecule has 0 aliphatic heterocycles. The lowest BCUT2D eigenvalue weighted by Gasteiger charge is -2.32. The molecule has 0 saturated carbocycles. The molecule has 0 aliphatic carbocycles. The maximum atomic E-state index is 11.0. The number of rotatable bonds is 7. The van der Waals surface area contributed by atoms with Crippen molar-refractivity contribution in [3.8, 4) is 0 Å². The van der Waals surface area contributed by atoms with E-state index in [4.69, 9.17) is 9.84 Å². The molecule has 84 valence electrons. The third-order valence-corrected chi connectivity index (χ3v) is 2.41. The number of hydrogen-bond acceptors (Lipinski definition) is 3. The Morgan fingerprint density at radius 1 is 1.50 bits per heavy atom. The molecule has 0 radical (unpaired) electrons. The molecule has 0 fully saturated rings. The zero-order valence-electron chi connectivity index (χ0n) is 9.49. The molecular weight excluding hydrogens is 182 g/mol. The summed E-state index contributed by atoms with van der Waals surface area (Å²) in [5.41, 5.74) is 0. The molecule has 2 unspecified atom stereocenters. The molecule has 0 amide bonds. The van der Waals surface area contributed by atoms with Gasteiger partial charge in [0.25, 0.3) is 0 Å². The van der Waals surface area contributed by atoms with Crippen LogP contribution in [-0.2, 0) is 9.53 Å². The predicted molar refractivity (Wildman–Crippen MR) is 55.4 cm³/mol. The molecule has 4 heteroatoms. The summed E-state index contributed by atoms with van der Waals surface area (Å²) in [7, 11) is 1.63. The van der Waals surface area contributed by atoms with Crippen LogP contribution in [0.1, 0.15) is 27.2 Å². The van der Waals surface area contributed by atoms with E-state index in [1.54, 1.807) is 7.11 Å². The van der Waals surface area contributed by atoms with Crippen LogP contribution in [-0.4, -0.2) is 48.3 Å². The van der Waals surface area contributed by atoms with Gasteiger partial charge in [-0.2, -0.15) is 0 Å². The van der Waals surface area contributed by atoms with Crippen molar-refractivity contribution < 1.29 is 14.6 Å². The third-order valence-electron chi connectivity index (χ3n) is 2.41. The number of hydrogen-bond donors (Lipinski definition) is 1. The van der Waals surface area contributed by atoms with Gasteiger partial charge in [-0.25, -0.2) is 0 Å². The summed E-state index contributed by atoms with van der Waals surface area (Å²) in [4.78, 5) is 12.9. The highest BCUT2D eigenvalue weighted by Gasteiger charge is 2.26. The van der Waals surface area contributed by atoms with Crippen molar-refractivity contribution in [3.63, 3.8) is 0 Å². The van der Waals surface area contributed by atoms with Crippen LogP contribution in [0.2, 0.25) is 0 Å². The second-order valence-electron chi connectivity index (χ2n) is 3.40. The lowest BCUT2D eigenvalue weighted by Crippen LogP contribution is -2.47. The van der Waals surface area contributed by atoms with Crippen molar-refractivity contribution in [2.75, 3.05) is 20.3 Å². The second-order valence-corrected chi connectivity index (χ2v) is 3.40. The summed E-state index contributed by atoms with van der Waals surface area (Å²) in [6.07, 6.45) is 0.622. The number of methoxy groups -OCH3 is 1. The summed E-state index contributed by atoms with van der Waals surface area (Å²) in [5.74, 6) is -0.752. The minimum Gasteiger partial charge on any atom is -0.480 e. The average Bonchev–Trinajstić information content (AvgIpc) is 2.13. The molecule has 1 N–H and O–H groups in total. The quantitative estimate of drug-likeness (QED) is 0.675. The monoisotopic (exact) mass is 203 g/mol. The van der Waals surface area contributed by atoms with Crippen LogP contribution in [0.4, 0.5) is 0 Å². The smallest absolute Gasteiger partial charge is 0.320 e. The van der Waals surface area contributed by atoms with Crippen LogP contribution < -0.4 is 0 Å². The topological polar surface area (TPSA) is 49.8 Å². The van der Waals surface area contributed by atoms with Gasteiger partial charge in [0, 0.05) is 13.2 Å². The molecule has 0 spiro atoms. The van der Waals surface area contributed by atoms with Crippen molar-refractivity contribution in [2.24, 2.45) is 0 Å². The minimum atomic E-state index is -0.752. The van der Waals surface area contributed by atoms with Crippen LogP contribution in [0, 0.1) is 0 Å². The van der Waals surface area contributed by atoms with Gasteiger partial charge in [-0.05, 0) is 19.9 Å². The van der Waals surface area contributed by atoms with E-state index >= 15 is 0 Å². The van der Waals surface area contributed by atoms with E-state index in [2.05, 4.69) is 0 Å². The van der Waals surface area contributed by atoms with Gasteiger partial charge in [0.15, 0.2) is 0 Å². The van der Waals surface area contributed by atoms with Gasteiger partial charge in [-0.3, -0.25) is 9.69 Å². The van der Waals surface area contributed by atoms with E-state index in [1.807, 2.05) is 25.7 Å². The molecule has 4 nitrogen and oxygen atoms in total. The molecule has 14 heavy (non-hydrogen) atoms. The molecule has 0 rings (SSSR count). The summed E-state index contributed by atoms with van der Waals surface area (Å²) in [6, 6.07) is -0.254. The number of ether oxygens (including phenoxy) is 1. The Balaban J connectivity index is 4.41. The number of nitrogens with zero attached hydrogens (tertiary/aromatic N) is 1. The summed E-state index contributed by atoms with van der Waals surface area (Å²) in [5, 5.41) is 9.01. The first kappa shape index (κ1) is 13.4. The highest BCUT2D eigenvalue weighted by atomic mass is 16.5. The molecular formula is C10H21NO3. The normalized spacial score (nSPS) is 15.5. The number of aliphatic carboxylic acids is 1. The van der Waals surface area contributed by atoms with E-state index in [0.717, 1.165) is 6.54 Å². The summed E-state index contributed by atoms with van der Waals surface area (Å²) < 4.78 is 5.03. The Labute approximate surface area is 85.9 Å². The first-order valence-electron chi connectivity index (χ1n) is 5.05. The highest BCUT2D eigenvalue weighted by molar-refractivity contribution is 5.73. The molecule has 0 aliphatic rings. The SMILES string of the molecule is CCC(C(=O)O)N(CC)C(C)COC. The van der Waals surface area contributed by atoms with Crippen LogP contribution in [0.15, 0.2) is 0 Å². The lowest BCUT2D eigenvalue weighted by atomic mass is 10.1. The average molecular weight is 203 g/mol. The van der Waals surface area contributed by atoms with Gasteiger partial charge in [-0.1, -0.05) is 13.8 Å². The first-order valence-corrected chi connectivity index (χ1v) is 5.05. The summed E-state index contributed by atoms with van der Waals surface area (Å²) in [6.45, 7) is 7.14. The van der Waals surface area contributed by atoms with Crippen molar-refractivity contribution in [2.45, 2.75) is 39.3 Å². The fraction of sp³-hybridized carbons (Fsp3) is 0.900. The van der Waals surface area contributed by atoms with Crippen molar-refractivity contribution >= 4 is 5.97 Å². The zero-order chi connectivity index (χ0) is 11.1. The molecule has 0 saturated heterocycles. The zero-order valence-corrected chi connectivity index (χ0v) is 9.49. The van der Waals surface area contributed by atoms with Gasteiger partial charge >= 0.3 is 5.97 Å². The second kappa shape index (κ2) is 6.79. The fourth-order valence-electron chi connectivity index (χ4n) is 1.73. The van der Waals surface area contributed by atoms with Gasteiger partial charge in [0.1, 0.15) is 6.04 Å². The number of carbonyl (C=O) groups is 1. The Morgan fingerprint density at radius 2 is 2.07 bits per heavy atom. The van der Waals surface area contributed by atoms with Crippen LogP contribution >= 0.6 is 0 Å². The number of carboxylic acid groups (broad SMARTS) is 1. The van der Waals surface area contributed by atoms with Crippen LogP contribution in [0.5, 0.6) is 0 Å². The minimum absolute atomic E-state index is 0.144. The fourth-order valence-corrected chi connectivity index (χ4v) is 1.73. The van der Waals surface area contributed by atoms with Crippen LogP contribution in [0.25, 0.3) is 0 Å². The van der Waals surface area contributed by atoms with Crippen LogP contribution in [0.3, 0.4) is 0 Å². The predicted octanol–water partition coefficient (Wildman–Crippen LogP) is 1.21. The maximum Gasteiger partial charge on any atom is 0.320 e. The Kier molecular flexibility index (Phi) is 6.49. The Bertz CT molecular complexity index is 173. The van der Waals surface area contributed by atoms with Gasteiger partial charge in [-0.15, -0.1) is 0 Å². The Morgan fingerprint density at radius 3 is 2.36 bits per heavy atom. The molecule has 2 atom stereocenters. The first-order chi connectivity index (χ1) is 6.58. The molecule has 0 heterocycles. The number of carboxylic acids is 1. The van der Waals surface area contributed by atoms with E-state index < -0.39 is 12.0 Å². The van der Waals surface area contributed by atoms with Crippen molar-refractivity contribution in [1.82, 2.24) is 4.90 Å². The van der Waals surface area contributed by atoms with E-state index in [0.29, 0.717) is 13.0 Å². The molecule has 0 aromatic rings. The highest BCUT2D eigenvalue weighted by Crippen LogP contribution is 2.09.